The molecule has 3 rings (SSSR count). The van der Waals surface area contributed by atoms with Crippen LogP contribution in [0, 0.1) is 0 Å². The van der Waals surface area contributed by atoms with Gasteiger partial charge in [-0.05, 0) is 58.6 Å². The van der Waals surface area contributed by atoms with Crippen LogP contribution >= 0.6 is 23.1 Å². The van der Waals surface area contributed by atoms with Gasteiger partial charge in [0, 0.05) is 36.8 Å². The maximum atomic E-state index is 13.5. The first kappa shape index (κ1) is 32.4. The minimum absolute atomic E-state index is 0.0164. The second-order valence-electron chi connectivity index (χ2n) is 11.5. The summed E-state index contributed by atoms with van der Waals surface area (Å²) in [7, 11) is 1.31. The Morgan fingerprint density at radius 1 is 1.10 bits per heavy atom. The van der Waals surface area contributed by atoms with Crippen LogP contribution in [0.25, 0.3) is 0 Å². The van der Waals surface area contributed by atoms with E-state index in [4.69, 9.17) is 18.9 Å². The highest BCUT2D eigenvalue weighted by atomic mass is 32.2. The highest BCUT2D eigenvalue weighted by Gasteiger charge is 2.66. The number of nitrogens with zero attached hydrogens (tertiary/aromatic N) is 1. The summed E-state index contributed by atoms with van der Waals surface area (Å²) in [5.74, 6) is -2.11. The lowest BCUT2D eigenvalue weighted by molar-refractivity contribution is -0.194. The Morgan fingerprint density at radius 2 is 1.76 bits per heavy atom. The zero-order valence-corrected chi connectivity index (χ0v) is 26.1. The Balaban J connectivity index is 1.71. The Morgan fingerprint density at radius 3 is 2.34 bits per heavy atom. The summed E-state index contributed by atoms with van der Waals surface area (Å²) in [4.78, 5) is 65.0. The van der Waals surface area contributed by atoms with Crippen molar-refractivity contribution in [1.29, 1.82) is 0 Å². The molecular formula is C27H37N3O9S2. The number of ether oxygens (including phenoxy) is 4. The SMILES string of the molecule is CO[C@@]1(NC(=O)Cc2cc(CNC(=O)OC(C)(C)C)cs2)C(=O)N2C(C(=O)OC(C)(C)C)=C(COC(C)=O)CS[C@H]21. The van der Waals surface area contributed by atoms with Gasteiger partial charge in [-0.3, -0.25) is 19.3 Å². The van der Waals surface area contributed by atoms with E-state index in [1.54, 1.807) is 47.6 Å². The van der Waals surface area contributed by atoms with Gasteiger partial charge < -0.3 is 29.6 Å². The number of nitrogens with one attached hydrogen (secondary N) is 2. The van der Waals surface area contributed by atoms with Crippen LogP contribution in [-0.2, 0) is 51.1 Å². The lowest BCUT2D eigenvalue weighted by Gasteiger charge is -2.56. The van der Waals surface area contributed by atoms with Crippen molar-refractivity contribution in [3.05, 3.63) is 33.2 Å². The topological polar surface area (TPSA) is 150 Å². The van der Waals surface area contributed by atoms with Crippen LogP contribution in [0.2, 0.25) is 0 Å². The molecule has 0 radical (unpaired) electrons. The van der Waals surface area contributed by atoms with Crippen molar-refractivity contribution in [3.8, 4) is 0 Å². The quantitative estimate of drug-likeness (QED) is 0.185. The number of fused-ring (bicyclic) bond motifs is 1. The average molecular weight is 612 g/mol. The molecule has 1 aromatic heterocycles. The molecule has 226 valence electrons. The van der Waals surface area contributed by atoms with Crippen LogP contribution in [-0.4, -0.2) is 76.5 Å². The van der Waals surface area contributed by atoms with Gasteiger partial charge in [-0.15, -0.1) is 23.1 Å². The Labute approximate surface area is 247 Å². The first-order chi connectivity index (χ1) is 19.0. The molecule has 14 heteroatoms. The van der Waals surface area contributed by atoms with Gasteiger partial charge in [-0.2, -0.15) is 0 Å². The molecule has 12 nitrogen and oxygen atoms in total. The average Bonchev–Trinajstić information content (AvgIpc) is 3.28. The fourth-order valence-corrected chi connectivity index (χ4v) is 6.38. The van der Waals surface area contributed by atoms with E-state index in [1.165, 1.54) is 42.0 Å². The lowest BCUT2D eigenvalue weighted by Crippen LogP contribution is -2.80. The third-order valence-electron chi connectivity index (χ3n) is 5.68. The Kier molecular flexibility index (Phi) is 9.81. The van der Waals surface area contributed by atoms with Crippen molar-refractivity contribution in [2.75, 3.05) is 19.5 Å². The van der Waals surface area contributed by atoms with Gasteiger partial charge in [0.1, 0.15) is 28.9 Å². The van der Waals surface area contributed by atoms with Crippen LogP contribution in [0.4, 0.5) is 4.79 Å². The van der Waals surface area contributed by atoms with Gasteiger partial charge in [0.05, 0.1) is 6.42 Å². The lowest BCUT2D eigenvalue weighted by atomic mass is 9.97. The number of carbonyl (C=O) groups is 5. The standard InChI is InChI=1S/C27H37N3O9S2/c1-15(31)37-12-17-14-41-23-27(36-8,22(34)30(23)20(17)21(33)38-25(2,3)4)29-19(32)10-18-9-16(13-40-18)11-28-24(35)39-26(5,6)7/h9,13,23H,10-12,14H2,1-8H3,(H,28,35)(H,29,32)/t23-,27-/m0/s1. The molecule has 1 fully saturated rings. The van der Waals surface area contributed by atoms with E-state index in [0.717, 1.165) is 5.56 Å². The second-order valence-corrected chi connectivity index (χ2v) is 13.6. The second kappa shape index (κ2) is 12.4. The largest absolute Gasteiger partial charge is 0.461 e. The van der Waals surface area contributed by atoms with E-state index in [9.17, 15) is 24.0 Å². The number of carbonyl (C=O) groups excluding carboxylic acids is 5. The van der Waals surface area contributed by atoms with Crippen molar-refractivity contribution >= 4 is 52.9 Å². The van der Waals surface area contributed by atoms with Crippen molar-refractivity contribution in [2.45, 2.75) is 83.7 Å². The molecule has 2 aliphatic rings. The summed E-state index contributed by atoms with van der Waals surface area (Å²) in [5.41, 5.74) is -1.94. The van der Waals surface area contributed by atoms with Gasteiger partial charge in [0.15, 0.2) is 0 Å². The van der Waals surface area contributed by atoms with Crippen LogP contribution in [0.15, 0.2) is 22.7 Å². The number of β-lactam (4-membered cyclic amide) rings is 1. The smallest absolute Gasteiger partial charge is 0.407 e. The van der Waals surface area contributed by atoms with Gasteiger partial charge in [0.2, 0.25) is 5.91 Å². The van der Waals surface area contributed by atoms with Crippen LogP contribution in [0.5, 0.6) is 0 Å². The van der Waals surface area contributed by atoms with Gasteiger partial charge >= 0.3 is 18.0 Å². The summed E-state index contributed by atoms with van der Waals surface area (Å²) in [6.07, 6.45) is -0.571. The van der Waals surface area contributed by atoms with E-state index in [2.05, 4.69) is 10.6 Å². The van der Waals surface area contributed by atoms with Gasteiger partial charge in [-0.25, -0.2) is 9.59 Å². The molecule has 0 bridgehead atoms. The molecule has 2 atom stereocenters. The molecule has 0 unspecified atom stereocenters. The molecule has 1 aromatic rings. The van der Waals surface area contributed by atoms with Crippen molar-refractivity contribution in [3.63, 3.8) is 0 Å². The molecule has 2 aliphatic heterocycles. The number of rotatable bonds is 9. The molecular weight excluding hydrogens is 574 g/mol. The summed E-state index contributed by atoms with van der Waals surface area (Å²) >= 11 is 2.61. The van der Waals surface area contributed by atoms with E-state index < -0.39 is 52.1 Å². The fraction of sp³-hybridized carbons (Fsp3) is 0.593. The predicted molar refractivity (Wildman–Crippen MR) is 152 cm³/mol. The number of alkyl carbamates (subject to hydrolysis) is 1. The highest BCUT2D eigenvalue weighted by Crippen LogP contribution is 2.47. The molecule has 3 heterocycles. The molecule has 3 amide bonds. The molecule has 0 spiro atoms. The summed E-state index contributed by atoms with van der Waals surface area (Å²) in [5, 5.41) is 6.47. The molecule has 2 N–H and O–H groups in total. The number of amides is 3. The Bertz CT molecular complexity index is 1250. The number of thioether (sulfide) groups is 1. The minimum Gasteiger partial charge on any atom is -0.461 e. The summed E-state index contributed by atoms with van der Waals surface area (Å²) in [6.45, 7) is 11.7. The van der Waals surface area contributed by atoms with E-state index >= 15 is 0 Å². The van der Waals surface area contributed by atoms with Gasteiger partial charge in [-0.1, -0.05) is 0 Å². The van der Waals surface area contributed by atoms with Crippen molar-refractivity contribution in [2.24, 2.45) is 0 Å². The molecule has 0 saturated carbocycles. The predicted octanol–water partition coefficient (Wildman–Crippen LogP) is 2.85. The number of hydrogen-bond donors (Lipinski definition) is 2. The molecule has 0 aromatic carbocycles. The van der Waals surface area contributed by atoms with Crippen molar-refractivity contribution < 1.29 is 42.9 Å². The molecule has 0 aliphatic carbocycles. The number of thiophene rings is 1. The van der Waals surface area contributed by atoms with Gasteiger partial charge in [0.25, 0.3) is 11.6 Å². The minimum atomic E-state index is -1.69. The van der Waals surface area contributed by atoms with E-state index in [-0.39, 0.29) is 31.0 Å². The molecule has 1 saturated heterocycles. The van der Waals surface area contributed by atoms with Crippen molar-refractivity contribution in [1.82, 2.24) is 15.5 Å². The number of hydrogen-bond acceptors (Lipinski definition) is 11. The fourth-order valence-electron chi connectivity index (χ4n) is 4.07. The zero-order valence-electron chi connectivity index (χ0n) is 24.5. The van der Waals surface area contributed by atoms with E-state index in [1.807, 2.05) is 5.38 Å². The van der Waals surface area contributed by atoms with Crippen LogP contribution < -0.4 is 10.6 Å². The monoisotopic (exact) mass is 611 g/mol. The number of methoxy groups -OCH3 is 1. The first-order valence-corrected chi connectivity index (χ1v) is 14.8. The normalized spacial score (nSPS) is 20.5. The first-order valence-electron chi connectivity index (χ1n) is 12.9. The van der Waals surface area contributed by atoms with Crippen LogP contribution in [0.1, 0.15) is 58.9 Å². The van der Waals surface area contributed by atoms with Crippen LogP contribution in [0.3, 0.4) is 0 Å². The maximum Gasteiger partial charge on any atom is 0.407 e. The maximum absolute atomic E-state index is 13.5. The van der Waals surface area contributed by atoms with E-state index in [0.29, 0.717) is 10.5 Å². The summed E-state index contributed by atoms with van der Waals surface area (Å²) < 4.78 is 21.5. The summed E-state index contributed by atoms with van der Waals surface area (Å²) in [6, 6.07) is 1.79. The Hall–Kier alpha value is -3.10. The third-order valence-corrected chi connectivity index (χ3v) is 8.04. The number of esters is 2. The third kappa shape index (κ3) is 8.01. The zero-order chi connectivity index (χ0) is 30.8. The molecule has 41 heavy (non-hydrogen) atoms. The highest BCUT2D eigenvalue weighted by molar-refractivity contribution is 8.00.